The number of aromatic nitrogens is 3. The molecule has 0 aliphatic heterocycles. The fourth-order valence-corrected chi connectivity index (χ4v) is 1.66. The monoisotopic (exact) mass is 196 g/mol. The largest absolute Gasteiger partial charge is 0.378 e. The number of hydrogen-bond donors (Lipinski definition) is 2. The predicted molar refractivity (Wildman–Crippen MR) is 51.7 cm³/mol. The van der Waals surface area contributed by atoms with Crippen molar-refractivity contribution >= 4 is 0 Å². The summed E-state index contributed by atoms with van der Waals surface area (Å²) in [5.74, 6) is 0.893. The predicted octanol–water partition coefficient (Wildman–Crippen LogP) is 0.462. The van der Waals surface area contributed by atoms with Crippen LogP contribution in [0.25, 0.3) is 0 Å². The lowest BCUT2D eigenvalue weighted by Crippen LogP contribution is -2.45. The molecule has 2 rings (SSSR count). The maximum atomic E-state index is 5.47. The number of hydrogen-bond acceptors (Lipinski definition) is 4. The van der Waals surface area contributed by atoms with Crippen LogP contribution in [0.2, 0.25) is 0 Å². The van der Waals surface area contributed by atoms with Gasteiger partial charge in [-0.1, -0.05) is 0 Å². The van der Waals surface area contributed by atoms with Crippen molar-refractivity contribution in [3.05, 3.63) is 12.2 Å². The molecule has 0 radical (unpaired) electrons. The second kappa shape index (κ2) is 4.52. The Bertz CT molecular complexity index is 256. The van der Waals surface area contributed by atoms with E-state index in [-0.39, 0.29) is 0 Å². The molecule has 78 valence electrons. The Labute approximate surface area is 83.3 Å². The van der Waals surface area contributed by atoms with Crippen LogP contribution >= 0.6 is 0 Å². The minimum absolute atomic E-state index is 0.465. The molecule has 1 fully saturated rings. The van der Waals surface area contributed by atoms with Crippen LogP contribution in [0.4, 0.5) is 0 Å². The lowest BCUT2D eigenvalue weighted by atomic mass is 9.89. The SMILES string of the molecule is CCOC1CC(NCc2ncn[nH]2)C1. The molecule has 1 heterocycles. The third-order valence-electron chi connectivity index (χ3n) is 2.52. The molecule has 0 saturated heterocycles. The van der Waals surface area contributed by atoms with Gasteiger partial charge in [0.15, 0.2) is 0 Å². The number of H-pyrrole nitrogens is 1. The number of aromatic amines is 1. The average molecular weight is 196 g/mol. The van der Waals surface area contributed by atoms with Crippen molar-refractivity contribution in [3.8, 4) is 0 Å². The van der Waals surface area contributed by atoms with Crippen LogP contribution in [0.3, 0.4) is 0 Å². The van der Waals surface area contributed by atoms with Gasteiger partial charge in [0.1, 0.15) is 12.2 Å². The van der Waals surface area contributed by atoms with Gasteiger partial charge in [-0.25, -0.2) is 4.98 Å². The summed E-state index contributed by atoms with van der Waals surface area (Å²) in [6.45, 7) is 3.62. The van der Waals surface area contributed by atoms with Crippen LogP contribution in [-0.2, 0) is 11.3 Å². The molecule has 14 heavy (non-hydrogen) atoms. The summed E-state index contributed by atoms with van der Waals surface area (Å²) in [4.78, 5) is 4.04. The molecule has 1 saturated carbocycles. The molecule has 5 nitrogen and oxygen atoms in total. The van der Waals surface area contributed by atoms with Crippen molar-refractivity contribution in [1.82, 2.24) is 20.5 Å². The highest BCUT2D eigenvalue weighted by molar-refractivity contribution is 4.88. The summed E-state index contributed by atoms with van der Waals surface area (Å²) in [5, 5.41) is 10.0. The minimum atomic E-state index is 0.465. The van der Waals surface area contributed by atoms with Gasteiger partial charge in [-0.15, -0.1) is 0 Å². The van der Waals surface area contributed by atoms with Gasteiger partial charge in [0.2, 0.25) is 0 Å². The van der Waals surface area contributed by atoms with Gasteiger partial charge in [0.25, 0.3) is 0 Å². The van der Waals surface area contributed by atoms with Gasteiger partial charge in [-0.05, 0) is 19.8 Å². The highest BCUT2D eigenvalue weighted by Gasteiger charge is 2.28. The van der Waals surface area contributed by atoms with Crippen molar-refractivity contribution in [2.24, 2.45) is 0 Å². The number of ether oxygens (including phenoxy) is 1. The summed E-state index contributed by atoms with van der Waals surface area (Å²) in [7, 11) is 0. The van der Waals surface area contributed by atoms with Crippen LogP contribution < -0.4 is 5.32 Å². The Kier molecular flexibility index (Phi) is 3.10. The first-order valence-electron chi connectivity index (χ1n) is 5.07. The molecule has 0 spiro atoms. The van der Waals surface area contributed by atoms with E-state index in [1.165, 1.54) is 6.33 Å². The topological polar surface area (TPSA) is 62.8 Å². The van der Waals surface area contributed by atoms with Gasteiger partial charge in [0, 0.05) is 12.6 Å². The molecule has 1 aliphatic rings. The van der Waals surface area contributed by atoms with Crippen molar-refractivity contribution in [2.75, 3.05) is 6.61 Å². The van der Waals surface area contributed by atoms with Crippen molar-refractivity contribution < 1.29 is 4.74 Å². The molecule has 1 aromatic rings. The molecule has 0 bridgehead atoms. The highest BCUT2D eigenvalue weighted by Crippen LogP contribution is 2.23. The van der Waals surface area contributed by atoms with Crippen LogP contribution in [-0.4, -0.2) is 33.9 Å². The molecule has 0 amide bonds. The van der Waals surface area contributed by atoms with Crippen LogP contribution in [0, 0.1) is 0 Å². The molecule has 1 aliphatic carbocycles. The minimum Gasteiger partial charge on any atom is -0.378 e. The van der Waals surface area contributed by atoms with Crippen molar-refractivity contribution in [1.29, 1.82) is 0 Å². The van der Waals surface area contributed by atoms with E-state index in [9.17, 15) is 0 Å². The Morgan fingerprint density at radius 3 is 3.14 bits per heavy atom. The summed E-state index contributed by atoms with van der Waals surface area (Å²) < 4.78 is 5.47. The second-order valence-corrected chi connectivity index (χ2v) is 3.56. The van der Waals surface area contributed by atoms with E-state index >= 15 is 0 Å². The lowest BCUT2D eigenvalue weighted by molar-refractivity contribution is -0.0103. The molecule has 0 atom stereocenters. The van der Waals surface area contributed by atoms with E-state index < -0.39 is 0 Å². The first-order valence-corrected chi connectivity index (χ1v) is 5.07. The van der Waals surface area contributed by atoms with Crippen molar-refractivity contribution in [2.45, 2.75) is 38.5 Å². The van der Waals surface area contributed by atoms with E-state index in [2.05, 4.69) is 20.5 Å². The van der Waals surface area contributed by atoms with E-state index in [1.807, 2.05) is 6.92 Å². The maximum Gasteiger partial charge on any atom is 0.138 e. The Balaban J connectivity index is 1.61. The second-order valence-electron chi connectivity index (χ2n) is 3.56. The zero-order valence-electron chi connectivity index (χ0n) is 8.36. The molecular formula is C9H16N4O. The Morgan fingerprint density at radius 2 is 2.50 bits per heavy atom. The van der Waals surface area contributed by atoms with Crippen LogP contribution in [0.1, 0.15) is 25.6 Å². The van der Waals surface area contributed by atoms with E-state index in [0.717, 1.165) is 31.8 Å². The smallest absolute Gasteiger partial charge is 0.138 e. The van der Waals surface area contributed by atoms with Gasteiger partial charge in [0.05, 0.1) is 12.6 Å². The summed E-state index contributed by atoms with van der Waals surface area (Å²) >= 11 is 0. The number of nitrogens with one attached hydrogen (secondary N) is 2. The third kappa shape index (κ3) is 2.30. The third-order valence-corrected chi connectivity index (χ3v) is 2.52. The average Bonchev–Trinajstić information content (AvgIpc) is 2.61. The molecule has 1 aromatic heterocycles. The fourth-order valence-electron chi connectivity index (χ4n) is 1.66. The number of nitrogens with zero attached hydrogens (tertiary/aromatic N) is 2. The molecule has 2 N–H and O–H groups in total. The van der Waals surface area contributed by atoms with E-state index in [4.69, 9.17) is 4.74 Å². The molecular weight excluding hydrogens is 180 g/mol. The lowest BCUT2D eigenvalue weighted by Gasteiger charge is -2.35. The van der Waals surface area contributed by atoms with Gasteiger partial charge >= 0.3 is 0 Å². The molecule has 0 unspecified atom stereocenters. The maximum absolute atomic E-state index is 5.47. The standard InChI is InChI=1S/C9H16N4O/c1-2-14-8-3-7(4-8)10-5-9-11-6-12-13-9/h6-8,10H,2-5H2,1H3,(H,11,12,13). The number of rotatable bonds is 5. The van der Waals surface area contributed by atoms with Gasteiger partial charge < -0.3 is 10.1 Å². The normalized spacial score (nSPS) is 26.1. The quantitative estimate of drug-likeness (QED) is 0.718. The first kappa shape index (κ1) is 9.61. The zero-order chi connectivity index (χ0) is 9.80. The molecule has 5 heteroatoms. The summed E-state index contributed by atoms with van der Waals surface area (Å²) in [5.41, 5.74) is 0. The van der Waals surface area contributed by atoms with E-state index in [0.29, 0.717) is 12.1 Å². The van der Waals surface area contributed by atoms with Crippen LogP contribution in [0.5, 0.6) is 0 Å². The Morgan fingerprint density at radius 1 is 1.64 bits per heavy atom. The fraction of sp³-hybridized carbons (Fsp3) is 0.778. The van der Waals surface area contributed by atoms with Gasteiger partial charge in [-0.2, -0.15) is 5.10 Å². The molecule has 0 aromatic carbocycles. The Hall–Kier alpha value is -0.940. The summed E-state index contributed by atoms with van der Waals surface area (Å²) in [6.07, 6.45) is 4.22. The zero-order valence-corrected chi connectivity index (χ0v) is 8.36. The van der Waals surface area contributed by atoms with E-state index in [1.54, 1.807) is 0 Å². The van der Waals surface area contributed by atoms with Gasteiger partial charge in [-0.3, -0.25) is 5.10 Å². The summed E-state index contributed by atoms with van der Waals surface area (Å²) in [6, 6.07) is 0.580. The first-order chi connectivity index (χ1) is 6.88. The highest BCUT2D eigenvalue weighted by atomic mass is 16.5. The van der Waals surface area contributed by atoms with Crippen molar-refractivity contribution in [3.63, 3.8) is 0 Å². The van der Waals surface area contributed by atoms with Crippen LogP contribution in [0.15, 0.2) is 6.33 Å².